The van der Waals surface area contributed by atoms with Gasteiger partial charge in [0.25, 0.3) is 11.8 Å². The van der Waals surface area contributed by atoms with E-state index in [0.717, 1.165) is 85.9 Å². The maximum atomic E-state index is 13.1. The lowest BCUT2D eigenvalue weighted by atomic mass is 9.97. The number of benzene rings is 3. The van der Waals surface area contributed by atoms with Crippen molar-refractivity contribution < 1.29 is 14.3 Å². The molecule has 0 bridgehead atoms. The molecule has 2 saturated heterocycles. The van der Waals surface area contributed by atoms with Crippen LogP contribution in [0.1, 0.15) is 39.1 Å². The zero-order valence-corrected chi connectivity index (χ0v) is 24.6. The van der Waals surface area contributed by atoms with Crippen LogP contribution in [0.4, 0.5) is 11.4 Å². The average Bonchev–Trinajstić information content (AvgIpc) is 2.98. The summed E-state index contributed by atoms with van der Waals surface area (Å²) in [4.78, 5) is 32.8. The van der Waals surface area contributed by atoms with Gasteiger partial charge < -0.3 is 30.1 Å². The van der Waals surface area contributed by atoms with Crippen LogP contribution in [-0.4, -0.2) is 88.1 Å². The number of hydrogen-bond acceptors (Lipinski definition) is 6. The second-order valence-electron chi connectivity index (χ2n) is 11.3. The lowest BCUT2D eigenvalue weighted by molar-refractivity contribution is 0.0916. The first-order valence-electron chi connectivity index (χ1n) is 14.4. The second-order valence-corrected chi connectivity index (χ2v) is 11.3. The predicted octanol–water partition coefficient (Wildman–Crippen LogP) is 4.50. The number of amides is 2. The van der Waals surface area contributed by atoms with Crippen molar-refractivity contribution in [2.45, 2.75) is 25.8 Å². The molecule has 2 heterocycles. The fraction of sp³-hybridized carbons (Fsp3) is 0.394. The van der Waals surface area contributed by atoms with E-state index < -0.39 is 0 Å². The van der Waals surface area contributed by atoms with Gasteiger partial charge in [-0.2, -0.15) is 0 Å². The number of carbonyl (C=O) groups is 2. The molecule has 2 fully saturated rings. The van der Waals surface area contributed by atoms with Crippen molar-refractivity contribution in [2.24, 2.45) is 0 Å². The zero-order chi connectivity index (χ0) is 28.9. The molecule has 0 aromatic heterocycles. The number of likely N-dealkylation sites (tertiary alicyclic amines) is 1. The molecule has 5 rings (SSSR count). The fourth-order valence-corrected chi connectivity index (χ4v) is 5.62. The Kier molecular flexibility index (Phi) is 8.90. The van der Waals surface area contributed by atoms with Crippen molar-refractivity contribution in [3.05, 3.63) is 77.4 Å². The maximum absolute atomic E-state index is 13.1. The summed E-state index contributed by atoms with van der Waals surface area (Å²) < 4.78 is 5.60. The molecule has 2 aliphatic heterocycles. The molecule has 216 valence electrons. The molecule has 2 amide bonds. The summed E-state index contributed by atoms with van der Waals surface area (Å²) in [5, 5.41) is 6.24. The summed E-state index contributed by atoms with van der Waals surface area (Å²) in [7, 11) is 5.92. The highest BCUT2D eigenvalue weighted by Crippen LogP contribution is 2.32. The summed E-state index contributed by atoms with van der Waals surface area (Å²) in [5.74, 6) is 0.622. The SMILES string of the molecule is COc1ccc(NC(=O)c2ccc(-c3ccc(C(=O)NC4CCN(C)CC4)cc3C)cc2)cc1N1CCN(C)CC1. The number of piperazine rings is 1. The van der Waals surface area contributed by atoms with Gasteiger partial charge in [0.2, 0.25) is 0 Å². The van der Waals surface area contributed by atoms with Crippen LogP contribution in [0.15, 0.2) is 60.7 Å². The molecular weight excluding hydrogens is 514 g/mol. The number of likely N-dealkylation sites (N-methyl/N-ethyl adjacent to an activating group) is 1. The van der Waals surface area contributed by atoms with E-state index in [1.807, 2.05) is 67.6 Å². The molecule has 3 aromatic carbocycles. The minimum absolute atomic E-state index is 0.0180. The summed E-state index contributed by atoms with van der Waals surface area (Å²) in [5.41, 5.74) is 6.05. The van der Waals surface area contributed by atoms with E-state index in [0.29, 0.717) is 11.1 Å². The van der Waals surface area contributed by atoms with E-state index >= 15 is 0 Å². The number of nitrogens with zero attached hydrogens (tertiary/aromatic N) is 3. The highest BCUT2D eigenvalue weighted by molar-refractivity contribution is 6.05. The van der Waals surface area contributed by atoms with Gasteiger partial charge in [-0.25, -0.2) is 0 Å². The molecule has 0 unspecified atom stereocenters. The van der Waals surface area contributed by atoms with Crippen molar-refractivity contribution in [1.29, 1.82) is 0 Å². The highest BCUT2D eigenvalue weighted by atomic mass is 16.5. The number of piperidine rings is 1. The minimum Gasteiger partial charge on any atom is -0.495 e. The third-order valence-electron chi connectivity index (χ3n) is 8.28. The van der Waals surface area contributed by atoms with Gasteiger partial charge >= 0.3 is 0 Å². The largest absolute Gasteiger partial charge is 0.495 e. The van der Waals surface area contributed by atoms with Crippen molar-refractivity contribution in [1.82, 2.24) is 15.1 Å². The summed E-state index contributed by atoms with van der Waals surface area (Å²) in [6, 6.07) is 19.4. The van der Waals surface area contributed by atoms with Crippen LogP contribution in [0.25, 0.3) is 11.1 Å². The molecule has 0 aliphatic carbocycles. The van der Waals surface area contributed by atoms with E-state index in [2.05, 4.69) is 39.4 Å². The van der Waals surface area contributed by atoms with E-state index in [-0.39, 0.29) is 17.9 Å². The summed E-state index contributed by atoms with van der Waals surface area (Å²) in [6.07, 6.45) is 1.96. The van der Waals surface area contributed by atoms with Crippen LogP contribution in [-0.2, 0) is 0 Å². The topological polar surface area (TPSA) is 77.1 Å². The van der Waals surface area contributed by atoms with Gasteiger partial charge in [-0.3, -0.25) is 9.59 Å². The minimum atomic E-state index is -0.163. The maximum Gasteiger partial charge on any atom is 0.255 e. The third kappa shape index (κ3) is 6.89. The Bertz CT molecular complexity index is 1370. The van der Waals surface area contributed by atoms with Crippen LogP contribution in [0.5, 0.6) is 5.75 Å². The molecule has 3 aromatic rings. The van der Waals surface area contributed by atoms with Crippen molar-refractivity contribution in [3.8, 4) is 16.9 Å². The molecule has 0 spiro atoms. The van der Waals surface area contributed by atoms with Crippen LogP contribution >= 0.6 is 0 Å². The summed E-state index contributed by atoms with van der Waals surface area (Å²) >= 11 is 0. The number of nitrogens with one attached hydrogen (secondary N) is 2. The first kappa shape index (κ1) is 28.6. The molecular formula is C33H41N5O3. The van der Waals surface area contributed by atoms with Crippen LogP contribution in [0.2, 0.25) is 0 Å². The Morgan fingerprint density at radius 2 is 1.44 bits per heavy atom. The first-order valence-corrected chi connectivity index (χ1v) is 14.4. The standard InChI is InChI=1S/C33H41N5O3/c1-23-21-26(33(40)34-27-13-15-36(2)16-14-27)9-11-29(23)24-5-7-25(8-6-24)32(39)35-28-10-12-31(41-4)30(22-28)38-19-17-37(3)18-20-38/h5-12,21-22,27H,13-20H2,1-4H3,(H,34,40)(H,35,39). The number of rotatable bonds is 7. The van der Waals surface area contributed by atoms with E-state index in [4.69, 9.17) is 4.74 Å². The molecule has 2 N–H and O–H groups in total. The Morgan fingerprint density at radius 3 is 2.10 bits per heavy atom. The normalized spacial score (nSPS) is 16.8. The molecule has 41 heavy (non-hydrogen) atoms. The van der Waals surface area contributed by atoms with Gasteiger partial charge in [-0.15, -0.1) is 0 Å². The molecule has 8 heteroatoms. The molecule has 0 radical (unpaired) electrons. The number of methoxy groups -OCH3 is 1. The summed E-state index contributed by atoms with van der Waals surface area (Å²) in [6.45, 7) is 7.83. The number of aryl methyl sites for hydroxylation is 1. The number of carbonyl (C=O) groups excluding carboxylic acids is 2. The Balaban J connectivity index is 1.24. The van der Waals surface area contributed by atoms with Crippen LogP contribution < -0.4 is 20.3 Å². The van der Waals surface area contributed by atoms with Crippen LogP contribution in [0.3, 0.4) is 0 Å². The highest BCUT2D eigenvalue weighted by Gasteiger charge is 2.21. The Morgan fingerprint density at radius 1 is 0.780 bits per heavy atom. The van der Waals surface area contributed by atoms with E-state index in [1.165, 1.54) is 0 Å². The van der Waals surface area contributed by atoms with Gasteiger partial charge in [0.15, 0.2) is 0 Å². The smallest absolute Gasteiger partial charge is 0.255 e. The second kappa shape index (κ2) is 12.7. The van der Waals surface area contributed by atoms with Gasteiger partial charge in [-0.1, -0.05) is 18.2 Å². The van der Waals surface area contributed by atoms with Gasteiger partial charge in [0, 0.05) is 49.0 Å². The van der Waals surface area contributed by atoms with E-state index in [1.54, 1.807) is 7.11 Å². The average molecular weight is 556 g/mol. The van der Waals surface area contributed by atoms with Gasteiger partial charge in [-0.05, 0) is 106 Å². The number of anilines is 2. The molecule has 0 saturated carbocycles. The molecule has 2 aliphatic rings. The lowest BCUT2D eigenvalue weighted by Gasteiger charge is -2.34. The van der Waals surface area contributed by atoms with E-state index in [9.17, 15) is 9.59 Å². The van der Waals surface area contributed by atoms with Crippen LogP contribution in [0, 0.1) is 6.92 Å². The van der Waals surface area contributed by atoms with Crippen molar-refractivity contribution >= 4 is 23.2 Å². The molecule has 0 atom stereocenters. The van der Waals surface area contributed by atoms with Gasteiger partial charge in [0.1, 0.15) is 5.75 Å². The lowest BCUT2D eigenvalue weighted by Crippen LogP contribution is -2.44. The third-order valence-corrected chi connectivity index (χ3v) is 8.28. The van der Waals surface area contributed by atoms with Crippen molar-refractivity contribution in [2.75, 3.05) is 70.7 Å². The first-order chi connectivity index (χ1) is 19.8. The fourth-order valence-electron chi connectivity index (χ4n) is 5.62. The zero-order valence-electron chi connectivity index (χ0n) is 24.6. The number of hydrogen-bond donors (Lipinski definition) is 2. The number of ether oxygens (including phenoxy) is 1. The quantitative estimate of drug-likeness (QED) is 0.447. The Labute approximate surface area is 243 Å². The predicted molar refractivity (Wildman–Crippen MR) is 165 cm³/mol. The Hall–Kier alpha value is -3.88. The van der Waals surface area contributed by atoms with Crippen molar-refractivity contribution in [3.63, 3.8) is 0 Å². The monoisotopic (exact) mass is 555 g/mol. The van der Waals surface area contributed by atoms with Gasteiger partial charge in [0.05, 0.1) is 12.8 Å². The molecule has 8 nitrogen and oxygen atoms in total.